The molecule has 1 fully saturated rings. The van der Waals surface area contributed by atoms with Gasteiger partial charge in [-0.15, -0.1) is 0 Å². The largest absolute Gasteiger partial charge is 0.461 e. The van der Waals surface area contributed by atoms with Crippen LogP contribution in [0.25, 0.3) is 11.0 Å². The van der Waals surface area contributed by atoms with Gasteiger partial charge in [0.05, 0.1) is 12.5 Å². The quantitative estimate of drug-likeness (QED) is 0.761. The third kappa shape index (κ3) is 3.10. The number of benzene rings is 1. The molecule has 0 bridgehead atoms. The molecule has 0 saturated carbocycles. The predicted octanol–water partition coefficient (Wildman–Crippen LogP) is 2.43. The zero-order chi connectivity index (χ0) is 18.1. The molecular weight excluding hydrogens is 332 g/mol. The molecule has 1 aliphatic rings. The molecule has 2 aromatic heterocycles. The second-order valence-electron chi connectivity index (χ2n) is 6.76. The van der Waals surface area contributed by atoms with Crippen LogP contribution in [-0.2, 0) is 16.0 Å². The van der Waals surface area contributed by atoms with E-state index in [1.807, 2.05) is 38.2 Å². The number of hydrogen-bond donors (Lipinski definition) is 1. The van der Waals surface area contributed by atoms with Crippen LogP contribution in [0.1, 0.15) is 29.5 Å². The fraction of sp³-hybridized carbons (Fsp3) is 0.421. The minimum atomic E-state index is -0.0703. The molecule has 4 rings (SSSR count). The van der Waals surface area contributed by atoms with E-state index in [4.69, 9.17) is 9.15 Å². The van der Waals surface area contributed by atoms with Gasteiger partial charge in [0.1, 0.15) is 23.5 Å². The second kappa shape index (κ2) is 6.92. The van der Waals surface area contributed by atoms with Crippen molar-refractivity contribution in [2.24, 2.45) is 0 Å². The van der Waals surface area contributed by atoms with Gasteiger partial charge >= 0.3 is 0 Å². The van der Waals surface area contributed by atoms with E-state index in [2.05, 4.69) is 15.2 Å². The third-order valence-electron chi connectivity index (χ3n) is 5.10. The number of hydrogen-bond acceptors (Lipinski definition) is 5. The van der Waals surface area contributed by atoms with Crippen LogP contribution in [0.2, 0.25) is 0 Å². The lowest BCUT2D eigenvalue weighted by Gasteiger charge is -2.24. The van der Waals surface area contributed by atoms with E-state index in [1.54, 1.807) is 4.90 Å². The Labute approximate surface area is 151 Å². The summed E-state index contributed by atoms with van der Waals surface area (Å²) in [5.74, 6) is 1.81. The lowest BCUT2D eigenvalue weighted by molar-refractivity contribution is -0.130. The second-order valence-corrected chi connectivity index (χ2v) is 6.76. The van der Waals surface area contributed by atoms with Crippen LogP contribution in [0.4, 0.5) is 0 Å². The van der Waals surface area contributed by atoms with Gasteiger partial charge in [-0.1, -0.05) is 18.2 Å². The number of nitrogens with zero attached hydrogens (tertiary/aromatic N) is 3. The number of nitrogens with one attached hydrogen (secondary N) is 1. The van der Waals surface area contributed by atoms with Gasteiger partial charge in [0.25, 0.3) is 0 Å². The Balaban J connectivity index is 1.45. The number of furan rings is 1. The first-order valence-corrected chi connectivity index (χ1v) is 8.81. The minimum Gasteiger partial charge on any atom is -0.461 e. The lowest BCUT2D eigenvalue weighted by Crippen LogP contribution is -2.37. The molecule has 1 saturated heterocycles. The zero-order valence-electron chi connectivity index (χ0n) is 14.9. The molecule has 3 heterocycles. The van der Waals surface area contributed by atoms with Crippen LogP contribution >= 0.6 is 0 Å². The molecule has 1 aliphatic heterocycles. The molecule has 136 valence electrons. The molecule has 2 atom stereocenters. The zero-order valence-corrected chi connectivity index (χ0v) is 14.9. The number of aryl methyl sites for hydroxylation is 1. The van der Waals surface area contributed by atoms with Crippen molar-refractivity contribution >= 4 is 16.9 Å². The number of carbonyl (C=O) groups is 1. The van der Waals surface area contributed by atoms with Crippen LogP contribution in [0, 0.1) is 6.92 Å². The Morgan fingerprint density at radius 2 is 2.23 bits per heavy atom. The van der Waals surface area contributed by atoms with Crippen LogP contribution in [-0.4, -0.2) is 52.3 Å². The van der Waals surface area contributed by atoms with E-state index in [0.29, 0.717) is 19.6 Å². The van der Waals surface area contributed by atoms with E-state index in [1.165, 1.54) is 6.33 Å². The Morgan fingerprint density at radius 1 is 1.38 bits per heavy atom. The molecule has 7 nitrogen and oxygen atoms in total. The third-order valence-corrected chi connectivity index (χ3v) is 5.10. The predicted molar refractivity (Wildman–Crippen MR) is 95.8 cm³/mol. The van der Waals surface area contributed by atoms with E-state index in [-0.39, 0.29) is 17.9 Å². The fourth-order valence-corrected chi connectivity index (χ4v) is 3.63. The first kappa shape index (κ1) is 16.8. The van der Waals surface area contributed by atoms with Gasteiger partial charge < -0.3 is 14.1 Å². The topological polar surface area (TPSA) is 84.2 Å². The number of aromatic nitrogens is 3. The number of ether oxygens (including phenoxy) is 1. The van der Waals surface area contributed by atoms with Crippen LogP contribution in [0.5, 0.6) is 0 Å². The molecule has 1 aromatic carbocycles. The van der Waals surface area contributed by atoms with Crippen molar-refractivity contribution in [3.63, 3.8) is 0 Å². The maximum Gasteiger partial charge on any atom is 0.226 e. The molecular formula is C19H22N4O3. The average molecular weight is 354 g/mol. The molecule has 1 N–H and O–H groups in total. The highest BCUT2D eigenvalue weighted by molar-refractivity contribution is 5.88. The van der Waals surface area contributed by atoms with Crippen molar-refractivity contribution < 1.29 is 13.9 Å². The average Bonchev–Trinajstić information content (AvgIpc) is 3.35. The van der Waals surface area contributed by atoms with Crippen molar-refractivity contribution in [1.82, 2.24) is 20.1 Å². The molecule has 3 aromatic rings. The Bertz CT molecular complexity index is 903. The van der Waals surface area contributed by atoms with Gasteiger partial charge in [-0.3, -0.25) is 9.89 Å². The van der Waals surface area contributed by atoms with Gasteiger partial charge in [-0.2, -0.15) is 5.10 Å². The van der Waals surface area contributed by atoms with Gasteiger partial charge in [0.2, 0.25) is 5.91 Å². The van der Waals surface area contributed by atoms with Crippen molar-refractivity contribution in [2.45, 2.75) is 31.8 Å². The normalized spacial score (nSPS) is 19.9. The van der Waals surface area contributed by atoms with Crippen LogP contribution < -0.4 is 0 Å². The van der Waals surface area contributed by atoms with Gasteiger partial charge in [-0.05, 0) is 19.4 Å². The van der Waals surface area contributed by atoms with Gasteiger partial charge in [0.15, 0.2) is 0 Å². The number of carbonyl (C=O) groups excluding carboxylic acids is 1. The van der Waals surface area contributed by atoms with E-state index in [0.717, 1.165) is 34.5 Å². The van der Waals surface area contributed by atoms with E-state index < -0.39 is 0 Å². The number of fused-ring (bicyclic) bond motifs is 1. The summed E-state index contributed by atoms with van der Waals surface area (Å²) in [5, 5.41) is 7.84. The summed E-state index contributed by atoms with van der Waals surface area (Å²) >= 11 is 0. The molecule has 0 unspecified atom stereocenters. The molecule has 26 heavy (non-hydrogen) atoms. The summed E-state index contributed by atoms with van der Waals surface area (Å²) in [4.78, 5) is 18.8. The SMILES string of the molecule is Cc1oc2ccccc2c1CC(=O)N(C)C[C@H]1OCC[C@H]1c1ncn[nH]1. The van der Waals surface area contributed by atoms with Gasteiger partial charge in [0, 0.05) is 37.1 Å². The van der Waals surface area contributed by atoms with E-state index >= 15 is 0 Å². The monoisotopic (exact) mass is 354 g/mol. The number of H-pyrrole nitrogens is 1. The summed E-state index contributed by atoms with van der Waals surface area (Å²) in [6.07, 6.45) is 2.64. The lowest BCUT2D eigenvalue weighted by atomic mass is 10.00. The number of aromatic amines is 1. The number of rotatable bonds is 5. The first-order valence-electron chi connectivity index (χ1n) is 8.81. The highest BCUT2D eigenvalue weighted by atomic mass is 16.5. The smallest absolute Gasteiger partial charge is 0.226 e. The minimum absolute atomic E-state index is 0.0477. The standard InChI is InChI=1S/C19H22N4O3/c1-12-15(13-5-3-4-6-16(13)26-12)9-18(24)23(2)10-17-14(7-8-25-17)19-20-11-21-22-19/h3-6,11,14,17H,7-10H2,1-2H3,(H,20,21,22)/t14-,17-/m1/s1. The summed E-state index contributed by atoms with van der Waals surface area (Å²) in [5.41, 5.74) is 1.77. The molecule has 7 heteroatoms. The maximum absolute atomic E-state index is 12.8. The number of amides is 1. The Morgan fingerprint density at radius 3 is 3.04 bits per heavy atom. The number of para-hydroxylation sites is 1. The van der Waals surface area contributed by atoms with Gasteiger partial charge in [-0.25, -0.2) is 4.98 Å². The van der Waals surface area contributed by atoms with Crippen molar-refractivity contribution in [2.75, 3.05) is 20.2 Å². The van der Waals surface area contributed by atoms with Crippen molar-refractivity contribution in [3.8, 4) is 0 Å². The molecule has 0 spiro atoms. The summed E-state index contributed by atoms with van der Waals surface area (Å²) in [6, 6.07) is 7.82. The maximum atomic E-state index is 12.8. The van der Waals surface area contributed by atoms with Crippen molar-refractivity contribution in [1.29, 1.82) is 0 Å². The Hall–Kier alpha value is -2.67. The van der Waals surface area contributed by atoms with Crippen LogP contribution in [0.15, 0.2) is 35.0 Å². The van der Waals surface area contributed by atoms with Crippen LogP contribution in [0.3, 0.4) is 0 Å². The molecule has 1 amide bonds. The number of likely N-dealkylation sites (N-methyl/N-ethyl adjacent to an activating group) is 1. The highest BCUT2D eigenvalue weighted by Crippen LogP contribution is 2.30. The summed E-state index contributed by atoms with van der Waals surface area (Å²) in [6.45, 7) is 3.10. The molecule has 0 aliphatic carbocycles. The Kier molecular flexibility index (Phi) is 4.46. The van der Waals surface area contributed by atoms with E-state index in [9.17, 15) is 4.79 Å². The molecule has 0 radical (unpaired) electrons. The summed E-state index contributed by atoms with van der Waals surface area (Å²) < 4.78 is 11.6. The summed E-state index contributed by atoms with van der Waals surface area (Å²) in [7, 11) is 1.82. The first-order chi connectivity index (χ1) is 12.6. The van der Waals surface area contributed by atoms with Crippen molar-refractivity contribution in [3.05, 3.63) is 47.7 Å². The fourth-order valence-electron chi connectivity index (χ4n) is 3.63. The highest BCUT2D eigenvalue weighted by Gasteiger charge is 2.33.